The first-order valence-electron chi connectivity index (χ1n) is 4.67. The molecular weight excluding hydrogens is 224 g/mol. The number of benzene rings is 1. The van der Waals surface area contributed by atoms with E-state index in [1.54, 1.807) is 6.92 Å². The maximum absolute atomic E-state index is 13.5. The Kier molecular flexibility index (Phi) is 2.36. The first kappa shape index (κ1) is 10.9. The van der Waals surface area contributed by atoms with Crippen LogP contribution in [0.5, 0.6) is 0 Å². The van der Waals surface area contributed by atoms with Crippen molar-refractivity contribution in [2.75, 3.05) is 0 Å². The zero-order valence-corrected chi connectivity index (χ0v) is 8.61. The standard InChI is InChI=1S/C10H8F4N2/c1-3-16-4(2)15-9-7(13)5(11)6(12)8(14)10(9)16/h3H2,1-2H3. The summed E-state index contributed by atoms with van der Waals surface area (Å²) < 4.78 is 54.0. The van der Waals surface area contributed by atoms with Crippen LogP contribution >= 0.6 is 0 Å². The number of aromatic nitrogens is 2. The van der Waals surface area contributed by atoms with Crippen molar-refractivity contribution in [3.63, 3.8) is 0 Å². The summed E-state index contributed by atoms with van der Waals surface area (Å²) in [7, 11) is 0. The lowest BCUT2D eigenvalue weighted by Crippen LogP contribution is -2.02. The zero-order chi connectivity index (χ0) is 12.0. The second kappa shape index (κ2) is 3.47. The van der Waals surface area contributed by atoms with Gasteiger partial charge in [-0.25, -0.2) is 22.5 Å². The van der Waals surface area contributed by atoms with Gasteiger partial charge in [-0.3, -0.25) is 0 Å². The van der Waals surface area contributed by atoms with Crippen LogP contribution in [0.4, 0.5) is 17.6 Å². The largest absolute Gasteiger partial charge is 0.326 e. The normalized spacial score (nSPS) is 11.4. The average molecular weight is 232 g/mol. The van der Waals surface area contributed by atoms with Gasteiger partial charge >= 0.3 is 0 Å². The minimum absolute atomic E-state index is 0.295. The molecular formula is C10H8F4N2. The van der Waals surface area contributed by atoms with Gasteiger partial charge in [0.05, 0.1) is 0 Å². The van der Waals surface area contributed by atoms with E-state index in [-0.39, 0.29) is 5.52 Å². The summed E-state index contributed by atoms with van der Waals surface area (Å²) in [5.41, 5.74) is -0.813. The molecule has 0 unspecified atom stereocenters. The first-order chi connectivity index (χ1) is 7.49. The van der Waals surface area contributed by atoms with E-state index in [0.29, 0.717) is 12.4 Å². The minimum atomic E-state index is -1.83. The predicted octanol–water partition coefficient (Wildman–Crippen LogP) is 2.92. The molecule has 0 radical (unpaired) electrons. The molecule has 1 aromatic heterocycles. The van der Waals surface area contributed by atoms with Crippen molar-refractivity contribution in [3.8, 4) is 0 Å². The summed E-state index contributed by atoms with van der Waals surface area (Å²) in [6, 6.07) is 0. The molecule has 16 heavy (non-hydrogen) atoms. The molecule has 1 heterocycles. The monoisotopic (exact) mass is 232 g/mol. The van der Waals surface area contributed by atoms with Crippen molar-refractivity contribution in [1.82, 2.24) is 9.55 Å². The highest BCUT2D eigenvalue weighted by atomic mass is 19.2. The fourth-order valence-corrected chi connectivity index (χ4v) is 1.73. The fraction of sp³-hybridized carbons (Fsp3) is 0.300. The lowest BCUT2D eigenvalue weighted by molar-refractivity contribution is 0.416. The maximum atomic E-state index is 13.5. The molecule has 6 heteroatoms. The Labute approximate surface area is 88.5 Å². The highest BCUT2D eigenvalue weighted by Gasteiger charge is 2.24. The smallest absolute Gasteiger partial charge is 0.199 e. The van der Waals surface area contributed by atoms with Crippen molar-refractivity contribution >= 4 is 11.0 Å². The topological polar surface area (TPSA) is 17.8 Å². The van der Waals surface area contributed by atoms with Crippen molar-refractivity contribution in [2.45, 2.75) is 20.4 Å². The number of aryl methyl sites for hydroxylation is 2. The Morgan fingerprint density at radius 1 is 1.00 bits per heavy atom. The van der Waals surface area contributed by atoms with Gasteiger partial charge in [0, 0.05) is 6.54 Å². The number of hydrogen-bond acceptors (Lipinski definition) is 1. The lowest BCUT2D eigenvalue weighted by atomic mass is 10.2. The molecule has 2 aromatic rings. The first-order valence-corrected chi connectivity index (χ1v) is 4.67. The van der Waals surface area contributed by atoms with Crippen molar-refractivity contribution in [3.05, 3.63) is 29.1 Å². The highest BCUT2D eigenvalue weighted by molar-refractivity contribution is 5.77. The lowest BCUT2D eigenvalue weighted by Gasteiger charge is -2.04. The van der Waals surface area contributed by atoms with Crippen LogP contribution in [-0.2, 0) is 6.54 Å². The summed E-state index contributed by atoms with van der Waals surface area (Å²) in [5.74, 6) is -6.19. The second-order valence-electron chi connectivity index (χ2n) is 3.36. The molecule has 0 fully saturated rings. The molecule has 0 aliphatic rings. The number of fused-ring (bicyclic) bond motifs is 1. The molecule has 0 N–H and O–H groups in total. The molecule has 0 aliphatic carbocycles. The molecule has 0 saturated carbocycles. The Bertz CT molecular complexity index is 574. The fourth-order valence-electron chi connectivity index (χ4n) is 1.73. The van der Waals surface area contributed by atoms with Gasteiger partial charge < -0.3 is 4.57 Å². The quantitative estimate of drug-likeness (QED) is 0.420. The Morgan fingerprint density at radius 3 is 2.12 bits per heavy atom. The van der Waals surface area contributed by atoms with E-state index in [1.807, 2.05) is 0 Å². The third-order valence-electron chi connectivity index (χ3n) is 2.47. The minimum Gasteiger partial charge on any atom is -0.326 e. The molecule has 2 nitrogen and oxygen atoms in total. The van der Waals surface area contributed by atoms with Crippen LogP contribution in [0.3, 0.4) is 0 Å². The number of hydrogen-bond donors (Lipinski definition) is 0. The van der Waals surface area contributed by atoms with Crippen LogP contribution in [0.15, 0.2) is 0 Å². The summed E-state index contributed by atoms with van der Waals surface area (Å²) in [4.78, 5) is 3.69. The molecule has 0 bridgehead atoms. The van der Waals surface area contributed by atoms with E-state index in [0.717, 1.165) is 0 Å². The van der Waals surface area contributed by atoms with E-state index >= 15 is 0 Å². The van der Waals surface area contributed by atoms with Gasteiger partial charge in [-0.05, 0) is 13.8 Å². The van der Waals surface area contributed by atoms with E-state index < -0.39 is 28.8 Å². The van der Waals surface area contributed by atoms with Crippen molar-refractivity contribution in [2.24, 2.45) is 0 Å². The van der Waals surface area contributed by atoms with Crippen LogP contribution < -0.4 is 0 Å². The van der Waals surface area contributed by atoms with Crippen molar-refractivity contribution in [1.29, 1.82) is 0 Å². The number of rotatable bonds is 1. The molecule has 0 spiro atoms. The third-order valence-corrected chi connectivity index (χ3v) is 2.47. The predicted molar refractivity (Wildman–Crippen MR) is 50.0 cm³/mol. The van der Waals surface area contributed by atoms with Crippen LogP contribution in [0.25, 0.3) is 11.0 Å². The van der Waals surface area contributed by atoms with Crippen LogP contribution in [0.2, 0.25) is 0 Å². The molecule has 0 saturated heterocycles. The zero-order valence-electron chi connectivity index (χ0n) is 8.61. The molecule has 0 aliphatic heterocycles. The number of halogens is 4. The number of imidazole rings is 1. The Morgan fingerprint density at radius 2 is 1.56 bits per heavy atom. The molecule has 0 amide bonds. The summed E-state index contributed by atoms with van der Waals surface area (Å²) >= 11 is 0. The van der Waals surface area contributed by atoms with Gasteiger partial charge in [-0.2, -0.15) is 0 Å². The molecule has 1 aromatic carbocycles. The summed E-state index contributed by atoms with van der Waals surface area (Å²) in [6.07, 6.45) is 0. The maximum Gasteiger partial charge on any atom is 0.199 e. The van der Waals surface area contributed by atoms with Gasteiger partial charge in [0.25, 0.3) is 0 Å². The Hall–Kier alpha value is -1.59. The SMILES string of the molecule is CCn1c(C)nc2c(F)c(F)c(F)c(F)c21. The van der Waals surface area contributed by atoms with E-state index in [9.17, 15) is 17.6 Å². The van der Waals surface area contributed by atoms with Crippen LogP contribution in [-0.4, -0.2) is 9.55 Å². The van der Waals surface area contributed by atoms with E-state index in [2.05, 4.69) is 4.98 Å². The number of nitrogens with zero attached hydrogens (tertiary/aromatic N) is 2. The Balaban J connectivity index is 3.02. The summed E-state index contributed by atoms with van der Waals surface area (Å²) in [5, 5.41) is 0. The van der Waals surface area contributed by atoms with E-state index in [1.165, 1.54) is 11.5 Å². The van der Waals surface area contributed by atoms with Crippen LogP contribution in [0, 0.1) is 30.2 Å². The second-order valence-corrected chi connectivity index (χ2v) is 3.36. The molecule has 86 valence electrons. The van der Waals surface area contributed by atoms with Gasteiger partial charge in [0.2, 0.25) is 0 Å². The van der Waals surface area contributed by atoms with E-state index in [4.69, 9.17) is 0 Å². The molecule has 0 atom stereocenters. The summed E-state index contributed by atoms with van der Waals surface area (Å²) in [6.45, 7) is 3.48. The highest BCUT2D eigenvalue weighted by Crippen LogP contribution is 2.27. The van der Waals surface area contributed by atoms with Gasteiger partial charge in [0.15, 0.2) is 23.3 Å². The van der Waals surface area contributed by atoms with Gasteiger partial charge in [0.1, 0.15) is 16.9 Å². The van der Waals surface area contributed by atoms with Gasteiger partial charge in [-0.1, -0.05) is 0 Å². The van der Waals surface area contributed by atoms with Gasteiger partial charge in [-0.15, -0.1) is 0 Å². The average Bonchev–Trinajstić information content (AvgIpc) is 2.60. The van der Waals surface area contributed by atoms with Crippen LogP contribution in [0.1, 0.15) is 12.7 Å². The molecule has 2 rings (SSSR count). The van der Waals surface area contributed by atoms with Crippen molar-refractivity contribution < 1.29 is 17.6 Å². The third kappa shape index (κ3) is 1.22.